The van der Waals surface area contributed by atoms with Gasteiger partial charge in [-0.25, -0.2) is 0 Å². The highest BCUT2D eigenvalue weighted by molar-refractivity contribution is 4.87. The van der Waals surface area contributed by atoms with E-state index in [9.17, 15) is 0 Å². The molecule has 1 heteroatoms. The third-order valence-electron chi connectivity index (χ3n) is 2.84. The van der Waals surface area contributed by atoms with Gasteiger partial charge in [-0.1, -0.05) is 13.0 Å². The minimum atomic E-state index is 0.701. The van der Waals surface area contributed by atoms with Crippen LogP contribution in [0.15, 0.2) is 12.3 Å². The lowest BCUT2D eigenvalue weighted by Crippen LogP contribution is -2.30. The Balaban J connectivity index is 2.57. The Kier molecular flexibility index (Phi) is 2.98. The second-order valence-electron chi connectivity index (χ2n) is 3.70. The molecule has 11 heavy (non-hydrogen) atoms. The fourth-order valence-electron chi connectivity index (χ4n) is 1.58. The molecule has 0 radical (unpaired) electrons. The summed E-state index contributed by atoms with van der Waals surface area (Å²) < 4.78 is 0. The van der Waals surface area contributed by atoms with Crippen molar-refractivity contribution in [1.82, 2.24) is 4.90 Å². The predicted octanol–water partition coefficient (Wildman–Crippen LogP) is 2.64. The van der Waals surface area contributed by atoms with E-state index in [2.05, 4.69) is 38.1 Å². The first-order valence-corrected chi connectivity index (χ1v) is 4.60. The van der Waals surface area contributed by atoms with Crippen LogP contribution < -0.4 is 0 Å². The number of nitrogens with zero attached hydrogens (tertiary/aromatic N) is 1. The quantitative estimate of drug-likeness (QED) is 0.517. The highest BCUT2D eigenvalue weighted by Crippen LogP contribution is 2.19. The lowest BCUT2D eigenvalue weighted by Gasteiger charge is -2.30. The number of hydrogen-bond acceptors (Lipinski definition) is 1. The Labute approximate surface area is 70.1 Å². The van der Waals surface area contributed by atoms with Crippen LogP contribution in [-0.4, -0.2) is 18.0 Å². The normalized spacial score (nSPS) is 33.2. The summed E-state index contributed by atoms with van der Waals surface area (Å²) in [7, 11) is 2.17. The average molecular weight is 153 g/mol. The van der Waals surface area contributed by atoms with Crippen molar-refractivity contribution < 1.29 is 0 Å². The molecule has 0 fully saturated rings. The minimum Gasteiger partial charge on any atom is -0.378 e. The molecule has 0 saturated carbocycles. The van der Waals surface area contributed by atoms with Crippen LogP contribution in [-0.2, 0) is 0 Å². The van der Waals surface area contributed by atoms with Gasteiger partial charge in [-0.2, -0.15) is 0 Å². The van der Waals surface area contributed by atoms with E-state index >= 15 is 0 Å². The van der Waals surface area contributed by atoms with Gasteiger partial charge in [-0.3, -0.25) is 0 Å². The molecule has 0 spiro atoms. The van der Waals surface area contributed by atoms with Crippen LogP contribution in [0.1, 0.15) is 33.1 Å². The largest absolute Gasteiger partial charge is 0.378 e. The van der Waals surface area contributed by atoms with E-state index in [1.807, 2.05) is 0 Å². The van der Waals surface area contributed by atoms with E-state index in [4.69, 9.17) is 0 Å². The lowest BCUT2D eigenvalue weighted by atomic mass is 9.95. The van der Waals surface area contributed by atoms with Crippen molar-refractivity contribution >= 4 is 0 Å². The molecule has 0 saturated heterocycles. The van der Waals surface area contributed by atoms with Gasteiger partial charge in [-0.15, -0.1) is 0 Å². The molecular weight excluding hydrogens is 134 g/mol. The van der Waals surface area contributed by atoms with Gasteiger partial charge in [0, 0.05) is 13.1 Å². The number of allylic oxidation sites excluding steroid dienone is 1. The predicted molar refractivity (Wildman–Crippen MR) is 49.4 cm³/mol. The van der Waals surface area contributed by atoms with E-state index in [1.165, 1.54) is 19.3 Å². The van der Waals surface area contributed by atoms with Gasteiger partial charge in [0.1, 0.15) is 0 Å². The van der Waals surface area contributed by atoms with E-state index in [-0.39, 0.29) is 0 Å². The molecule has 0 aromatic heterocycles. The lowest BCUT2D eigenvalue weighted by molar-refractivity contribution is 0.246. The van der Waals surface area contributed by atoms with Crippen LogP contribution in [0, 0.1) is 5.92 Å². The van der Waals surface area contributed by atoms with Crippen molar-refractivity contribution in [2.45, 2.75) is 39.2 Å². The second kappa shape index (κ2) is 3.80. The average Bonchev–Trinajstić information content (AvgIpc) is 2.00. The van der Waals surface area contributed by atoms with Crippen LogP contribution in [0.5, 0.6) is 0 Å². The SMILES string of the molecule is CC1CCCC=CN(C)C1C. The van der Waals surface area contributed by atoms with E-state index in [1.54, 1.807) is 0 Å². The Morgan fingerprint density at radius 1 is 1.36 bits per heavy atom. The fraction of sp³-hybridized carbons (Fsp3) is 0.800. The van der Waals surface area contributed by atoms with Crippen molar-refractivity contribution in [3.8, 4) is 0 Å². The van der Waals surface area contributed by atoms with Crippen molar-refractivity contribution in [2.75, 3.05) is 7.05 Å². The minimum absolute atomic E-state index is 0.701. The van der Waals surface area contributed by atoms with Crippen LogP contribution in [0.4, 0.5) is 0 Å². The number of hydrogen-bond donors (Lipinski definition) is 0. The Hall–Kier alpha value is -0.460. The van der Waals surface area contributed by atoms with Gasteiger partial charge >= 0.3 is 0 Å². The van der Waals surface area contributed by atoms with Crippen LogP contribution >= 0.6 is 0 Å². The van der Waals surface area contributed by atoms with Crippen LogP contribution in [0.2, 0.25) is 0 Å². The van der Waals surface area contributed by atoms with Gasteiger partial charge in [0.2, 0.25) is 0 Å². The zero-order valence-electron chi connectivity index (χ0n) is 7.88. The van der Waals surface area contributed by atoms with Gasteiger partial charge in [-0.05, 0) is 38.3 Å². The highest BCUT2D eigenvalue weighted by Gasteiger charge is 2.15. The van der Waals surface area contributed by atoms with Gasteiger partial charge in [0.25, 0.3) is 0 Å². The summed E-state index contributed by atoms with van der Waals surface area (Å²) in [6, 6.07) is 0.701. The van der Waals surface area contributed by atoms with Crippen LogP contribution in [0.3, 0.4) is 0 Å². The van der Waals surface area contributed by atoms with Gasteiger partial charge in [0.05, 0.1) is 0 Å². The standard InChI is InChI=1S/C10H19N/c1-9-7-5-4-6-8-11(3)10(9)2/h6,8-10H,4-5,7H2,1-3H3. The molecule has 0 aliphatic carbocycles. The zero-order chi connectivity index (χ0) is 8.27. The first kappa shape index (κ1) is 8.63. The van der Waals surface area contributed by atoms with Crippen LogP contribution in [0.25, 0.3) is 0 Å². The maximum Gasteiger partial charge on any atom is 0.0278 e. The first-order chi connectivity index (χ1) is 5.22. The Bertz CT molecular complexity index is 140. The van der Waals surface area contributed by atoms with Crippen molar-refractivity contribution in [3.05, 3.63) is 12.3 Å². The summed E-state index contributed by atoms with van der Waals surface area (Å²) in [5, 5.41) is 0. The van der Waals surface area contributed by atoms with Crippen molar-refractivity contribution in [2.24, 2.45) is 5.92 Å². The topological polar surface area (TPSA) is 3.24 Å². The molecule has 0 aromatic carbocycles. The zero-order valence-corrected chi connectivity index (χ0v) is 7.88. The van der Waals surface area contributed by atoms with E-state index in [0.717, 1.165) is 5.92 Å². The van der Waals surface area contributed by atoms with Gasteiger partial charge in [0.15, 0.2) is 0 Å². The van der Waals surface area contributed by atoms with Crippen molar-refractivity contribution in [1.29, 1.82) is 0 Å². The molecule has 1 nitrogen and oxygen atoms in total. The molecule has 1 aliphatic rings. The molecule has 1 aliphatic heterocycles. The molecular formula is C10H19N. The smallest absolute Gasteiger partial charge is 0.0278 e. The third-order valence-corrected chi connectivity index (χ3v) is 2.84. The monoisotopic (exact) mass is 153 g/mol. The Morgan fingerprint density at radius 3 is 2.82 bits per heavy atom. The summed E-state index contributed by atoms with van der Waals surface area (Å²) in [4.78, 5) is 2.32. The summed E-state index contributed by atoms with van der Waals surface area (Å²) in [5.74, 6) is 0.838. The molecule has 1 heterocycles. The first-order valence-electron chi connectivity index (χ1n) is 4.60. The summed E-state index contributed by atoms with van der Waals surface area (Å²) in [5.41, 5.74) is 0. The fourth-order valence-corrected chi connectivity index (χ4v) is 1.58. The summed E-state index contributed by atoms with van der Waals surface area (Å²) in [6.45, 7) is 4.65. The highest BCUT2D eigenvalue weighted by atomic mass is 15.1. The third kappa shape index (κ3) is 2.25. The summed E-state index contributed by atoms with van der Waals surface area (Å²) in [6.07, 6.45) is 8.48. The molecule has 2 unspecified atom stereocenters. The van der Waals surface area contributed by atoms with Gasteiger partial charge < -0.3 is 4.90 Å². The van der Waals surface area contributed by atoms with Crippen molar-refractivity contribution in [3.63, 3.8) is 0 Å². The molecule has 1 rings (SSSR count). The molecule has 64 valence electrons. The molecule has 0 amide bonds. The molecule has 0 aromatic rings. The molecule has 0 bridgehead atoms. The van der Waals surface area contributed by atoms with E-state index in [0.29, 0.717) is 6.04 Å². The van der Waals surface area contributed by atoms with E-state index < -0.39 is 0 Å². The molecule has 2 atom stereocenters. The maximum atomic E-state index is 2.35. The second-order valence-corrected chi connectivity index (χ2v) is 3.70. The Morgan fingerprint density at radius 2 is 2.09 bits per heavy atom. The summed E-state index contributed by atoms with van der Waals surface area (Å²) >= 11 is 0. The molecule has 0 N–H and O–H groups in total. The maximum absolute atomic E-state index is 2.35. The number of rotatable bonds is 0.